The number of hydrogen-bond donors (Lipinski definition) is 3. The van der Waals surface area contributed by atoms with Gasteiger partial charge in [0.25, 0.3) is 5.91 Å². The highest BCUT2D eigenvalue weighted by molar-refractivity contribution is 6.33. The largest absolute Gasteiger partial charge is 0.513 e. The highest BCUT2D eigenvalue weighted by atomic mass is 35.5. The van der Waals surface area contributed by atoms with E-state index >= 15 is 0 Å². The van der Waals surface area contributed by atoms with Gasteiger partial charge in [0.15, 0.2) is 5.15 Å². The van der Waals surface area contributed by atoms with E-state index in [1.54, 1.807) is 18.3 Å². The van der Waals surface area contributed by atoms with Crippen molar-refractivity contribution in [1.29, 1.82) is 0 Å². The molecule has 18 heavy (non-hydrogen) atoms. The van der Waals surface area contributed by atoms with E-state index in [9.17, 15) is 4.79 Å². The molecule has 1 amide bonds. The summed E-state index contributed by atoms with van der Waals surface area (Å²) in [5.74, 6) is -0.220. The Kier molecular flexibility index (Phi) is 3.53. The monoisotopic (exact) mass is 265 g/mol. The van der Waals surface area contributed by atoms with E-state index < -0.39 is 0 Å². The first-order valence-corrected chi connectivity index (χ1v) is 5.74. The summed E-state index contributed by atoms with van der Waals surface area (Å²) >= 11 is 5.90. The lowest BCUT2D eigenvalue weighted by Crippen LogP contribution is -2.24. The molecular weight excluding hydrogens is 254 g/mol. The third kappa shape index (κ3) is 2.62. The fourth-order valence-electron chi connectivity index (χ4n) is 1.56. The molecule has 3 N–H and O–H groups in total. The molecule has 0 atom stereocenters. The minimum absolute atomic E-state index is 0.0409. The molecule has 5 nitrogen and oxygen atoms in total. The van der Waals surface area contributed by atoms with Gasteiger partial charge in [-0.05, 0) is 12.1 Å². The maximum Gasteiger partial charge on any atom is 0.267 e. The van der Waals surface area contributed by atoms with Crippen LogP contribution in [0.4, 0.5) is 0 Å². The van der Waals surface area contributed by atoms with E-state index in [1.165, 1.54) is 0 Å². The van der Waals surface area contributed by atoms with Crippen LogP contribution in [0.15, 0.2) is 30.7 Å². The molecule has 2 rings (SSSR count). The van der Waals surface area contributed by atoms with Gasteiger partial charge in [-0.1, -0.05) is 18.2 Å². The predicted octanol–water partition coefficient (Wildman–Crippen LogP) is 2.41. The second-order valence-electron chi connectivity index (χ2n) is 3.82. The molecule has 6 heteroatoms. The standard InChI is InChI=1S/C12H12ClN3O2/c1-7(17)2-4-15-12(18)9-6-8-3-5-14-11(13)10(8)16-9/h3,5-6,16-17H,1-2,4H2,(H,15,18). The van der Waals surface area contributed by atoms with Crippen LogP contribution in [0.1, 0.15) is 16.9 Å². The Bertz CT molecular complexity index is 606. The highest BCUT2D eigenvalue weighted by Gasteiger charge is 2.10. The predicted molar refractivity (Wildman–Crippen MR) is 69.8 cm³/mol. The minimum atomic E-state index is -0.261. The molecule has 0 aromatic carbocycles. The molecule has 94 valence electrons. The number of nitrogens with one attached hydrogen (secondary N) is 2. The van der Waals surface area contributed by atoms with Gasteiger partial charge in [-0.15, -0.1) is 0 Å². The van der Waals surface area contributed by atoms with E-state index in [0.29, 0.717) is 29.3 Å². The molecule has 0 bridgehead atoms. The van der Waals surface area contributed by atoms with Crippen LogP contribution in [0.3, 0.4) is 0 Å². The number of halogens is 1. The van der Waals surface area contributed by atoms with Gasteiger partial charge in [-0.3, -0.25) is 4.79 Å². The Hall–Kier alpha value is -2.01. The number of H-pyrrole nitrogens is 1. The highest BCUT2D eigenvalue weighted by Crippen LogP contribution is 2.20. The van der Waals surface area contributed by atoms with E-state index in [4.69, 9.17) is 16.7 Å². The van der Waals surface area contributed by atoms with Gasteiger partial charge in [-0.25, -0.2) is 4.98 Å². The van der Waals surface area contributed by atoms with Gasteiger partial charge < -0.3 is 15.4 Å². The van der Waals surface area contributed by atoms with Crippen molar-refractivity contribution in [2.45, 2.75) is 6.42 Å². The third-order valence-corrected chi connectivity index (χ3v) is 2.73. The smallest absolute Gasteiger partial charge is 0.267 e. The zero-order valence-corrected chi connectivity index (χ0v) is 10.3. The van der Waals surface area contributed by atoms with Crippen LogP contribution in [0.25, 0.3) is 10.9 Å². The molecule has 2 aromatic rings. The number of rotatable bonds is 4. The van der Waals surface area contributed by atoms with Gasteiger partial charge in [-0.2, -0.15) is 0 Å². The van der Waals surface area contributed by atoms with E-state index in [0.717, 1.165) is 5.39 Å². The molecule has 0 aliphatic heterocycles. The van der Waals surface area contributed by atoms with Crippen molar-refractivity contribution in [2.24, 2.45) is 0 Å². The van der Waals surface area contributed by atoms with Gasteiger partial charge in [0.2, 0.25) is 0 Å². The van der Waals surface area contributed by atoms with Crippen molar-refractivity contribution in [1.82, 2.24) is 15.3 Å². The number of aromatic nitrogens is 2. The summed E-state index contributed by atoms with van der Waals surface area (Å²) in [6, 6.07) is 3.47. The number of fused-ring (bicyclic) bond motifs is 1. The summed E-state index contributed by atoms with van der Waals surface area (Å²) in [6.07, 6.45) is 1.91. The van der Waals surface area contributed by atoms with Crippen LogP contribution in [0, 0.1) is 0 Å². The number of amides is 1. The Morgan fingerprint density at radius 2 is 2.39 bits per heavy atom. The van der Waals surface area contributed by atoms with Crippen molar-refractivity contribution in [2.75, 3.05) is 6.54 Å². The van der Waals surface area contributed by atoms with Crippen LogP contribution >= 0.6 is 11.6 Å². The van der Waals surface area contributed by atoms with Crippen LogP contribution in [0.2, 0.25) is 5.15 Å². The number of nitrogens with zero attached hydrogens (tertiary/aromatic N) is 1. The molecule has 2 heterocycles. The molecule has 0 saturated heterocycles. The molecule has 2 aromatic heterocycles. The first-order valence-electron chi connectivity index (χ1n) is 5.36. The Morgan fingerprint density at radius 3 is 3.06 bits per heavy atom. The van der Waals surface area contributed by atoms with Gasteiger partial charge >= 0.3 is 0 Å². The van der Waals surface area contributed by atoms with Crippen LogP contribution in [-0.2, 0) is 0 Å². The van der Waals surface area contributed by atoms with E-state index in [1.807, 2.05) is 0 Å². The number of carbonyl (C=O) groups excluding carboxylic acids is 1. The zero-order chi connectivity index (χ0) is 13.1. The fraction of sp³-hybridized carbons (Fsp3) is 0.167. The Labute approximate surface area is 108 Å². The van der Waals surface area contributed by atoms with Crippen molar-refractivity contribution in [3.05, 3.63) is 41.5 Å². The first kappa shape index (κ1) is 12.4. The lowest BCUT2D eigenvalue weighted by Gasteiger charge is -2.02. The SMILES string of the molecule is C=C(O)CCNC(=O)c1cc2ccnc(Cl)c2[nH]1. The number of aliphatic hydroxyl groups is 1. The Balaban J connectivity index is 2.13. The summed E-state index contributed by atoms with van der Waals surface area (Å²) in [5, 5.41) is 12.7. The van der Waals surface area contributed by atoms with Crippen molar-refractivity contribution in [3.63, 3.8) is 0 Å². The maximum atomic E-state index is 11.8. The van der Waals surface area contributed by atoms with Crippen molar-refractivity contribution >= 4 is 28.4 Å². The summed E-state index contributed by atoms with van der Waals surface area (Å²) in [5.41, 5.74) is 1.04. The lowest BCUT2D eigenvalue weighted by atomic mass is 10.3. The lowest BCUT2D eigenvalue weighted by molar-refractivity contribution is 0.0949. The number of pyridine rings is 1. The molecule has 0 spiro atoms. The molecule has 0 unspecified atom stereocenters. The average Bonchev–Trinajstić information content (AvgIpc) is 2.74. The van der Waals surface area contributed by atoms with E-state index in [2.05, 4.69) is 21.9 Å². The van der Waals surface area contributed by atoms with Gasteiger partial charge in [0, 0.05) is 24.5 Å². The van der Waals surface area contributed by atoms with Crippen LogP contribution < -0.4 is 5.32 Å². The van der Waals surface area contributed by atoms with Crippen molar-refractivity contribution < 1.29 is 9.90 Å². The Morgan fingerprint density at radius 1 is 1.61 bits per heavy atom. The second-order valence-corrected chi connectivity index (χ2v) is 4.18. The quantitative estimate of drug-likeness (QED) is 0.587. The van der Waals surface area contributed by atoms with Crippen LogP contribution in [0.5, 0.6) is 0 Å². The van der Waals surface area contributed by atoms with Gasteiger partial charge in [0.1, 0.15) is 5.69 Å². The third-order valence-electron chi connectivity index (χ3n) is 2.44. The molecular formula is C12H12ClN3O2. The van der Waals surface area contributed by atoms with Crippen molar-refractivity contribution in [3.8, 4) is 0 Å². The zero-order valence-electron chi connectivity index (χ0n) is 9.53. The number of aromatic amines is 1. The topological polar surface area (TPSA) is 78.0 Å². The van der Waals surface area contributed by atoms with Gasteiger partial charge in [0.05, 0.1) is 11.3 Å². The molecule has 0 radical (unpaired) electrons. The second kappa shape index (κ2) is 5.10. The normalized spacial score (nSPS) is 10.5. The van der Waals surface area contributed by atoms with E-state index in [-0.39, 0.29) is 11.7 Å². The molecule has 0 aliphatic rings. The number of carbonyl (C=O) groups is 1. The first-order chi connectivity index (χ1) is 8.58. The summed E-state index contributed by atoms with van der Waals surface area (Å²) < 4.78 is 0. The summed E-state index contributed by atoms with van der Waals surface area (Å²) in [6.45, 7) is 3.67. The van der Waals surface area contributed by atoms with Crippen LogP contribution in [-0.4, -0.2) is 27.5 Å². The maximum absolute atomic E-state index is 11.8. The molecule has 0 fully saturated rings. The number of aliphatic hydroxyl groups excluding tert-OH is 1. The molecule has 0 saturated carbocycles. The average molecular weight is 266 g/mol. The minimum Gasteiger partial charge on any atom is -0.513 e. The fourth-order valence-corrected chi connectivity index (χ4v) is 1.77. The number of hydrogen-bond acceptors (Lipinski definition) is 3. The summed E-state index contributed by atoms with van der Waals surface area (Å²) in [4.78, 5) is 18.6. The molecule has 0 aliphatic carbocycles. The summed E-state index contributed by atoms with van der Waals surface area (Å²) in [7, 11) is 0.